The summed E-state index contributed by atoms with van der Waals surface area (Å²) in [7, 11) is 0. The van der Waals surface area contributed by atoms with Gasteiger partial charge < -0.3 is 9.36 Å². The minimum absolute atomic E-state index is 0.152. The molecule has 1 atom stereocenters. The smallest absolute Gasteiger partial charge is 0.120 e. The second-order valence-corrected chi connectivity index (χ2v) is 4.03. The van der Waals surface area contributed by atoms with E-state index < -0.39 is 0 Å². The van der Waals surface area contributed by atoms with Crippen molar-refractivity contribution in [2.75, 3.05) is 0 Å². The van der Waals surface area contributed by atoms with Crippen LogP contribution in [0.3, 0.4) is 0 Å². The molecule has 0 amide bonds. The molecule has 1 aromatic heterocycles. The standard InChI is InChI=1S/C15H20N2O.2C2H6/c1-4-6-8-14(5-2)15(9-7-12-18)17-11-10-16-13(17)3;2*1-2/h4-6,8,10-12,15H,1,7,9H2,2-3H3;2*1-2H3/b8-6-,14-5+;;. The molecule has 1 heterocycles. The highest BCUT2D eigenvalue weighted by Gasteiger charge is 2.15. The lowest BCUT2D eigenvalue weighted by atomic mass is 10.0. The topological polar surface area (TPSA) is 34.9 Å². The van der Waals surface area contributed by atoms with Crippen LogP contribution in [0.4, 0.5) is 0 Å². The Morgan fingerprint density at radius 1 is 1.36 bits per heavy atom. The number of nitrogens with zero attached hydrogens (tertiary/aromatic N) is 2. The Labute approximate surface area is 136 Å². The van der Waals surface area contributed by atoms with Crippen LogP contribution in [0.2, 0.25) is 0 Å². The van der Waals surface area contributed by atoms with E-state index in [0.29, 0.717) is 6.42 Å². The van der Waals surface area contributed by atoms with E-state index in [1.807, 2.05) is 59.9 Å². The summed E-state index contributed by atoms with van der Waals surface area (Å²) in [5, 5.41) is 0. The fourth-order valence-electron chi connectivity index (χ4n) is 1.99. The first-order chi connectivity index (χ1) is 10.7. The highest BCUT2D eigenvalue weighted by atomic mass is 16.1. The Hall–Kier alpha value is -1.90. The summed E-state index contributed by atoms with van der Waals surface area (Å²) in [6.45, 7) is 15.7. The van der Waals surface area contributed by atoms with E-state index in [1.165, 1.54) is 0 Å². The van der Waals surface area contributed by atoms with E-state index in [9.17, 15) is 4.79 Å². The number of hydrogen-bond acceptors (Lipinski definition) is 2. The van der Waals surface area contributed by atoms with Crippen molar-refractivity contribution in [2.45, 2.75) is 60.4 Å². The van der Waals surface area contributed by atoms with Crippen molar-refractivity contribution >= 4 is 6.29 Å². The van der Waals surface area contributed by atoms with Crippen molar-refractivity contribution in [1.82, 2.24) is 9.55 Å². The van der Waals surface area contributed by atoms with Crippen molar-refractivity contribution in [3.63, 3.8) is 0 Å². The van der Waals surface area contributed by atoms with Gasteiger partial charge in [0.15, 0.2) is 0 Å². The molecule has 1 unspecified atom stereocenters. The Kier molecular flexibility index (Phi) is 15.8. The largest absolute Gasteiger partial charge is 0.328 e. The lowest BCUT2D eigenvalue weighted by Crippen LogP contribution is -2.12. The third-order valence-electron chi connectivity index (χ3n) is 2.90. The lowest BCUT2D eigenvalue weighted by Gasteiger charge is -2.20. The van der Waals surface area contributed by atoms with Gasteiger partial charge in [-0.1, -0.05) is 58.6 Å². The van der Waals surface area contributed by atoms with Crippen LogP contribution in [0.5, 0.6) is 0 Å². The van der Waals surface area contributed by atoms with Crippen molar-refractivity contribution in [1.29, 1.82) is 0 Å². The fraction of sp³-hybridized carbons (Fsp3) is 0.474. The van der Waals surface area contributed by atoms with Crippen LogP contribution in [-0.2, 0) is 4.79 Å². The zero-order valence-electron chi connectivity index (χ0n) is 15.0. The summed E-state index contributed by atoms with van der Waals surface area (Å²) in [5.74, 6) is 0.956. The second-order valence-electron chi connectivity index (χ2n) is 4.03. The molecule has 0 saturated heterocycles. The fourth-order valence-corrected chi connectivity index (χ4v) is 1.99. The molecule has 0 aliphatic rings. The number of carbonyl (C=O) groups is 1. The van der Waals surface area contributed by atoms with Crippen LogP contribution in [-0.4, -0.2) is 15.8 Å². The highest BCUT2D eigenvalue weighted by molar-refractivity contribution is 5.49. The van der Waals surface area contributed by atoms with E-state index in [2.05, 4.69) is 22.2 Å². The summed E-state index contributed by atoms with van der Waals surface area (Å²) < 4.78 is 2.10. The highest BCUT2D eigenvalue weighted by Crippen LogP contribution is 2.25. The summed E-state index contributed by atoms with van der Waals surface area (Å²) in [6.07, 6.45) is 13.8. The van der Waals surface area contributed by atoms with E-state index in [0.717, 1.165) is 24.1 Å². The molecular formula is C19H32N2O. The second kappa shape index (κ2) is 15.5. The van der Waals surface area contributed by atoms with E-state index in [-0.39, 0.29) is 6.04 Å². The maximum atomic E-state index is 10.6. The first-order valence-electron chi connectivity index (χ1n) is 8.13. The number of imidazole rings is 1. The molecule has 3 nitrogen and oxygen atoms in total. The van der Waals surface area contributed by atoms with Gasteiger partial charge in [-0.05, 0) is 25.8 Å². The van der Waals surface area contributed by atoms with Crippen molar-refractivity contribution in [2.24, 2.45) is 0 Å². The van der Waals surface area contributed by atoms with E-state index in [4.69, 9.17) is 0 Å². The van der Waals surface area contributed by atoms with Crippen molar-refractivity contribution in [3.05, 3.63) is 54.7 Å². The first kappa shape index (κ1) is 22.4. The predicted octanol–water partition coefficient (Wildman–Crippen LogP) is 5.45. The molecule has 0 aromatic carbocycles. The summed E-state index contributed by atoms with van der Waals surface area (Å²) in [6, 6.07) is 0.152. The third-order valence-corrected chi connectivity index (χ3v) is 2.90. The van der Waals surface area contributed by atoms with Gasteiger partial charge in [0.1, 0.15) is 12.1 Å². The van der Waals surface area contributed by atoms with Gasteiger partial charge in [-0.25, -0.2) is 4.98 Å². The number of hydrogen-bond donors (Lipinski definition) is 0. The third kappa shape index (κ3) is 7.77. The Bertz CT molecular complexity index is 456. The minimum Gasteiger partial charge on any atom is -0.328 e. The zero-order chi connectivity index (χ0) is 17.4. The molecular weight excluding hydrogens is 272 g/mol. The molecule has 124 valence electrons. The first-order valence-corrected chi connectivity index (χ1v) is 8.13. The molecule has 0 aliphatic heterocycles. The molecule has 0 aliphatic carbocycles. The summed E-state index contributed by atoms with van der Waals surface area (Å²) >= 11 is 0. The van der Waals surface area contributed by atoms with Crippen LogP contribution >= 0.6 is 0 Å². The van der Waals surface area contributed by atoms with Gasteiger partial charge in [-0.15, -0.1) is 0 Å². The SMILES string of the molecule is C=C/C=C\C(=C/C)C(CCC=O)n1ccnc1C.CC.CC. The molecule has 22 heavy (non-hydrogen) atoms. The van der Waals surface area contributed by atoms with Gasteiger partial charge in [0.2, 0.25) is 0 Å². The lowest BCUT2D eigenvalue weighted by molar-refractivity contribution is -0.108. The quantitative estimate of drug-likeness (QED) is 0.495. The molecule has 3 heteroatoms. The Morgan fingerprint density at radius 3 is 2.41 bits per heavy atom. The average Bonchev–Trinajstić information content (AvgIpc) is 3.00. The predicted molar refractivity (Wildman–Crippen MR) is 97.1 cm³/mol. The van der Waals surface area contributed by atoms with E-state index >= 15 is 0 Å². The van der Waals surface area contributed by atoms with Crippen LogP contribution in [0.25, 0.3) is 0 Å². The average molecular weight is 304 g/mol. The maximum absolute atomic E-state index is 10.6. The molecule has 0 fully saturated rings. The Balaban J connectivity index is 0. The molecule has 0 radical (unpaired) electrons. The normalized spacial score (nSPS) is 11.8. The van der Waals surface area contributed by atoms with Gasteiger partial charge in [0, 0.05) is 18.8 Å². The molecule has 0 saturated carbocycles. The molecule has 0 N–H and O–H groups in total. The number of allylic oxidation sites excluding steroid dienone is 5. The number of aldehydes is 1. The summed E-state index contributed by atoms with van der Waals surface area (Å²) in [4.78, 5) is 14.9. The van der Waals surface area contributed by atoms with Gasteiger partial charge in [0.05, 0.1) is 6.04 Å². The Morgan fingerprint density at radius 2 is 2.00 bits per heavy atom. The maximum Gasteiger partial charge on any atom is 0.120 e. The number of carbonyl (C=O) groups excluding carboxylic acids is 1. The number of aromatic nitrogens is 2. The zero-order valence-corrected chi connectivity index (χ0v) is 15.0. The monoisotopic (exact) mass is 304 g/mol. The van der Waals surface area contributed by atoms with Crippen LogP contribution in [0.15, 0.2) is 48.8 Å². The van der Waals surface area contributed by atoms with Gasteiger partial charge in [0.25, 0.3) is 0 Å². The van der Waals surface area contributed by atoms with Gasteiger partial charge in [-0.2, -0.15) is 0 Å². The molecule has 0 spiro atoms. The minimum atomic E-state index is 0.152. The van der Waals surface area contributed by atoms with Crippen LogP contribution in [0, 0.1) is 6.92 Å². The molecule has 0 bridgehead atoms. The van der Waals surface area contributed by atoms with Gasteiger partial charge in [-0.3, -0.25) is 0 Å². The van der Waals surface area contributed by atoms with E-state index in [1.54, 1.807) is 12.3 Å². The summed E-state index contributed by atoms with van der Waals surface area (Å²) in [5.41, 5.74) is 1.16. The molecule has 1 rings (SSSR count). The number of aryl methyl sites for hydroxylation is 1. The van der Waals surface area contributed by atoms with Crippen LogP contribution < -0.4 is 0 Å². The van der Waals surface area contributed by atoms with Gasteiger partial charge >= 0.3 is 0 Å². The van der Waals surface area contributed by atoms with Crippen molar-refractivity contribution < 1.29 is 4.79 Å². The number of rotatable bonds is 7. The van der Waals surface area contributed by atoms with Crippen molar-refractivity contribution in [3.8, 4) is 0 Å². The molecule has 1 aromatic rings. The van der Waals surface area contributed by atoms with Crippen LogP contribution in [0.1, 0.15) is 59.3 Å².